The number of hydrogen-bond acceptors (Lipinski definition) is 6. The lowest BCUT2D eigenvalue weighted by atomic mass is 10.1. The van der Waals surface area contributed by atoms with Crippen LogP contribution < -0.4 is 9.47 Å². The molecule has 0 radical (unpaired) electrons. The Morgan fingerprint density at radius 3 is 1.46 bits per heavy atom. The topological polar surface area (TPSA) is 58.9 Å². The maximum atomic E-state index is 10.2. The van der Waals surface area contributed by atoms with Crippen LogP contribution in [0.1, 0.15) is 22.3 Å². The zero-order chi connectivity index (χ0) is 17.7. The van der Waals surface area contributed by atoms with E-state index in [0.717, 1.165) is 22.3 Å². The van der Waals surface area contributed by atoms with Crippen molar-refractivity contribution in [2.75, 3.05) is 14.2 Å². The minimum Gasteiger partial charge on any atom is -0.504 e. The third-order valence-corrected chi connectivity index (χ3v) is 5.78. The van der Waals surface area contributed by atoms with Gasteiger partial charge in [-0.3, -0.25) is 0 Å². The summed E-state index contributed by atoms with van der Waals surface area (Å²) in [5.41, 5.74) is 3.78. The zero-order valence-corrected chi connectivity index (χ0v) is 15.9. The molecule has 0 aromatic heterocycles. The van der Waals surface area contributed by atoms with Crippen LogP contribution in [-0.4, -0.2) is 24.4 Å². The van der Waals surface area contributed by atoms with Gasteiger partial charge in [0.2, 0.25) is 0 Å². The number of aryl methyl sites for hydroxylation is 2. The Morgan fingerprint density at radius 2 is 1.12 bits per heavy atom. The van der Waals surface area contributed by atoms with Crippen molar-refractivity contribution in [3.8, 4) is 23.0 Å². The van der Waals surface area contributed by atoms with Gasteiger partial charge in [-0.05, 0) is 37.1 Å². The van der Waals surface area contributed by atoms with Gasteiger partial charge in [-0.1, -0.05) is 33.7 Å². The van der Waals surface area contributed by atoms with Gasteiger partial charge < -0.3 is 19.7 Å². The quantitative estimate of drug-likeness (QED) is 0.541. The molecule has 0 aliphatic heterocycles. The fraction of sp³-hybridized carbons (Fsp3) is 0.333. The highest BCUT2D eigenvalue weighted by Crippen LogP contribution is 2.40. The summed E-state index contributed by atoms with van der Waals surface area (Å²) in [5, 5.41) is 20.3. The standard InChI is InChI=1S/C18H22O4S2/c1-11-5-13(17(19)15(7-11)21-3)9-23-24-10-14-6-12(2)8-16(22-4)18(14)20/h5-8,19-20H,9-10H2,1-4H3. The molecular weight excluding hydrogens is 344 g/mol. The Bertz CT molecular complexity index is 655. The highest BCUT2D eigenvalue weighted by molar-refractivity contribution is 8.76. The fourth-order valence-corrected chi connectivity index (χ4v) is 4.50. The lowest BCUT2D eigenvalue weighted by Gasteiger charge is -2.11. The van der Waals surface area contributed by atoms with Crippen LogP contribution in [-0.2, 0) is 11.5 Å². The average molecular weight is 367 g/mol. The Hall–Kier alpha value is -1.66. The van der Waals surface area contributed by atoms with E-state index in [9.17, 15) is 10.2 Å². The summed E-state index contributed by atoms with van der Waals surface area (Å²) in [4.78, 5) is 0. The summed E-state index contributed by atoms with van der Waals surface area (Å²) in [6, 6.07) is 7.54. The minimum absolute atomic E-state index is 0.191. The molecule has 0 saturated heterocycles. The van der Waals surface area contributed by atoms with E-state index in [0.29, 0.717) is 23.0 Å². The zero-order valence-electron chi connectivity index (χ0n) is 14.3. The summed E-state index contributed by atoms with van der Waals surface area (Å²) in [5.74, 6) is 2.68. The summed E-state index contributed by atoms with van der Waals surface area (Å²) in [7, 11) is 6.34. The largest absolute Gasteiger partial charge is 0.504 e. The molecule has 0 fully saturated rings. The van der Waals surface area contributed by atoms with Gasteiger partial charge in [0, 0.05) is 22.6 Å². The molecule has 4 nitrogen and oxygen atoms in total. The van der Waals surface area contributed by atoms with Crippen molar-refractivity contribution in [3.05, 3.63) is 46.5 Å². The molecule has 0 spiro atoms. The molecule has 2 aromatic carbocycles. The predicted octanol–water partition coefficient (Wildman–Crippen LogP) is 4.81. The minimum atomic E-state index is 0.191. The molecule has 0 heterocycles. The van der Waals surface area contributed by atoms with Gasteiger partial charge in [0.1, 0.15) is 0 Å². The van der Waals surface area contributed by atoms with Gasteiger partial charge in [0.15, 0.2) is 23.0 Å². The van der Waals surface area contributed by atoms with Crippen LogP contribution in [0.25, 0.3) is 0 Å². The van der Waals surface area contributed by atoms with Crippen molar-refractivity contribution in [1.82, 2.24) is 0 Å². The van der Waals surface area contributed by atoms with E-state index < -0.39 is 0 Å². The number of methoxy groups -OCH3 is 2. The second-order valence-electron chi connectivity index (χ2n) is 5.47. The van der Waals surface area contributed by atoms with Crippen molar-refractivity contribution in [3.63, 3.8) is 0 Å². The molecule has 2 N–H and O–H groups in total. The van der Waals surface area contributed by atoms with Crippen LogP contribution in [0, 0.1) is 13.8 Å². The second-order valence-corrected chi connectivity index (χ2v) is 7.94. The Kier molecular flexibility index (Phi) is 6.57. The maximum Gasteiger partial charge on any atom is 0.161 e. The molecular formula is C18H22O4S2. The smallest absolute Gasteiger partial charge is 0.161 e. The van der Waals surface area contributed by atoms with E-state index >= 15 is 0 Å². The second kappa shape index (κ2) is 8.44. The first-order valence-electron chi connectivity index (χ1n) is 7.43. The van der Waals surface area contributed by atoms with Crippen LogP contribution >= 0.6 is 21.6 Å². The molecule has 2 rings (SSSR count). The molecule has 0 bridgehead atoms. The summed E-state index contributed by atoms with van der Waals surface area (Å²) < 4.78 is 10.4. The molecule has 0 saturated carbocycles. The first-order chi connectivity index (χ1) is 11.5. The molecule has 2 aromatic rings. The molecule has 6 heteroatoms. The van der Waals surface area contributed by atoms with E-state index in [1.807, 2.05) is 38.1 Å². The van der Waals surface area contributed by atoms with Crippen molar-refractivity contribution < 1.29 is 19.7 Å². The Balaban J connectivity index is 1.99. The number of phenols is 2. The van der Waals surface area contributed by atoms with E-state index in [-0.39, 0.29) is 11.5 Å². The SMILES string of the molecule is COc1cc(C)cc(CSSCc2cc(C)cc(OC)c2O)c1O. The lowest BCUT2D eigenvalue weighted by Crippen LogP contribution is -1.91. The fourth-order valence-electron chi connectivity index (χ4n) is 2.38. The Morgan fingerprint density at radius 1 is 0.750 bits per heavy atom. The highest BCUT2D eigenvalue weighted by Gasteiger charge is 2.12. The molecule has 0 amide bonds. The number of aromatic hydroxyl groups is 2. The van der Waals surface area contributed by atoms with Crippen molar-refractivity contribution in [1.29, 1.82) is 0 Å². The van der Waals surface area contributed by atoms with Gasteiger partial charge in [-0.25, -0.2) is 0 Å². The molecule has 0 unspecified atom stereocenters. The average Bonchev–Trinajstić information content (AvgIpc) is 2.56. The highest BCUT2D eigenvalue weighted by atomic mass is 33.1. The van der Waals surface area contributed by atoms with E-state index in [1.54, 1.807) is 35.8 Å². The molecule has 0 aliphatic carbocycles. The normalized spacial score (nSPS) is 10.7. The molecule has 0 aliphatic rings. The third kappa shape index (κ3) is 4.45. The van der Waals surface area contributed by atoms with Gasteiger partial charge in [0.05, 0.1) is 14.2 Å². The van der Waals surface area contributed by atoms with Gasteiger partial charge in [-0.2, -0.15) is 0 Å². The van der Waals surface area contributed by atoms with Crippen molar-refractivity contribution in [2.24, 2.45) is 0 Å². The molecule has 24 heavy (non-hydrogen) atoms. The predicted molar refractivity (Wildman–Crippen MR) is 101 cm³/mol. The van der Waals surface area contributed by atoms with E-state index in [2.05, 4.69) is 0 Å². The van der Waals surface area contributed by atoms with Gasteiger partial charge in [0.25, 0.3) is 0 Å². The summed E-state index contributed by atoms with van der Waals surface area (Å²) >= 11 is 0. The first kappa shape index (κ1) is 18.7. The van der Waals surface area contributed by atoms with Gasteiger partial charge in [-0.15, -0.1) is 0 Å². The first-order valence-corrected chi connectivity index (χ1v) is 9.92. The van der Waals surface area contributed by atoms with Gasteiger partial charge >= 0.3 is 0 Å². The lowest BCUT2D eigenvalue weighted by molar-refractivity contribution is 0.371. The number of phenolic OH excluding ortho intramolecular Hbond substituents is 2. The number of hydrogen-bond donors (Lipinski definition) is 2. The molecule has 0 atom stereocenters. The monoisotopic (exact) mass is 366 g/mol. The summed E-state index contributed by atoms with van der Waals surface area (Å²) in [6.07, 6.45) is 0. The third-order valence-electron chi connectivity index (χ3n) is 3.55. The molecule has 130 valence electrons. The van der Waals surface area contributed by atoms with Crippen LogP contribution in [0.15, 0.2) is 24.3 Å². The maximum absolute atomic E-state index is 10.2. The van der Waals surface area contributed by atoms with Crippen molar-refractivity contribution >= 4 is 21.6 Å². The van der Waals surface area contributed by atoms with Crippen molar-refractivity contribution in [2.45, 2.75) is 25.4 Å². The number of benzene rings is 2. The van der Waals surface area contributed by atoms with Crippen LogP contribution in [0.5, 0.6) is 23.0 Å². The van der Waals surface area contributed by atoms with Crippen LogP contribution in [0.2, 0.25) is 0 Å². The van der Waals surface area contributed by atoms with E-state index in [1.165, 1.54) is 0 Å². The number of ether oxygens (including phenoxy) is 2. The number of rotatable bonds is 7. The Labute approximate surface area is 150 Å². The summed E-state index contributed by atoms with van der Waals surface area (Å²) in [6.45, 7) is 3.95. The van der Waals surface area contributed by atoms with Crippen LogP contribution in [0.3, 0.4) is 0 Å². The van der Waals surface area contributed by atoms with E-state index in [4.69, 9.17) is 9.47 Å². The van der Waals surface area contributed by atoms with Crippen LogP contribution in [0.4, 0.5) is 0 Å².